The Balaban J connectivity index is 1.50. The normalized spacial score (nSPS) is 17.8. The van der Waals surface area contributed by atoms with E-state index in [9.17, 15) is 13.2 Å². The molecular weight excluding hydrogens is 408 g/mol. The summed E-state index contributed by atoms with van der Waals surface area (Å²) in [4.78, 5) is 14.8. The first kappa shape index (κ1) is 21.8. The zero-order valence-electron chi connectivity index (χ0n) is 16.6. The van der Waals surface area contributed by atoms with Gasteiger partial charge in [-0.05, 0) is 68.3 Å². The van der Waals surface area contributed by atoms with Crippen LogP contribution in [0.2, 0.25) is 5.02 Å². The number of nitrogens with zero attached hydrogens (tertiary/aromatic N) is 1. The smallest absolute Gasteiger partial charge is 0.225 e. The van der Waals surface area contributed by atoms with Crippen LogP contribution < -0.4 is 5.32 Å². The zero-order valence-corrected chi connectivity index (χ0v) is 18.2. The van der Waals surface area contributed by atoms with Crippen LogP contribution in [0.4, 0.5) is 5.69 Å². The average molecular weight is 435 g/mol. The Hall–Kier alpha value is -1.89. The number of anilines is 1. The van der Waals surface area contributed by atoms with Gasteiger partial charge in [-0.1, -0.05) is 30.2 Å². The van der Waals surface area contributed by atoms with Gasteiger partial charge in [-0.15, -0.1) is 0 Å². The largest absolute Gasteiger partial charge is 0.326 e. The first-order chi connectivity index (χ1) is 13.8. The van der Waals surface area contributed by atoms with E-state index in [4.69, 9.17) is 11.6 Å². The molecular formula is C22H27ClN2O3S. The number of carbonyl (C=O) groups is 1. The van der Waals surface area contributed by atoms with Crippen molar-refractivity contribution in [2.45, 2.75) is 50.1 Å². The van der Waals surface area contributed by atoms with Gasteiger partial charge in [0.05, 0.1) is 10.6 Å². The molecule has 0 aromatic heterocycles. The summed E-state index contributed by atoms with van der Waals surface area (Å²) >= 11 is 5.79. The van der Waals surface area contributed by atoms with E-state index in [1.807, 2.05) is 24.3 Å². The minimum atomic E-state index is -3.52. The molecule has 1 aliphatic rings. The number of nitrogens with one attached hydrogen (secondary N) is 1. The summed E-state index contributed by atoms with van der Waals surface area (Å²) < 4.78 is 24.7. The summed E-state index contributed by atoms with van der Waals surface area (Å²) in [5.74, 6) is -0.564. The third-order valence-corrected chi connectivity index (χ3v) is 7.32. The lowest BCUT2D eigenvalue weighted by atomic mass is 10.0. The highest BCUT2D eigenvalue weighted by Gasteiger charge is 2.18. The Kier molecular flexibility index (Phi) is 7.33. The number of sulfone groups is 1. The molecule has 0 aliphatic carbocycles. The third-order valence-electron chi connectivity index (χ3n) is 5.33. The molecule has 1 unspecified atom stereocenters. The molecule has 1 atom stereocenters. The van der Waals surface area contributed by atoms with Gasteiger partial charge in [0, 0.05) is 29.7 Å². The van der Waals surface area contributed by atoms with Gasteiger partial charge in [0.1, 0.15) is 0 Å². The number of amides is 1. The van der Waals surface area contributed by atoms with Crippen LogP contribution in [0.3, 0.4) is 0 Å². The number of carbonyl (C=O) groups excluding carboxylic acids is 1. The van der Waals surface area contributed by atoms with Crippen molar-refractivity contribution >= 4 is 33.0 Å². The zero-order chi connectivity index (χ0) is 20.9. The molecule has 29 heavy (non-hydrogen) atoms. The molecule has 1 saturated heterocycles. The molecule has 156 valence electrons. The van der Waals surface area contributed by atoms with Gasteiger partial charge in [0.2, 0.25) is 5.91 Å². The molecule has 1 aliphatic heterocycles. The summed E-state index contributed by atoms with van der Waals surface area (Å²) in [6, 6.07) is 14.3. The van der Waals surface area contributed by atoms with Crippen LogP contribution in [0.15, 0.2) is 53.4 Å². The van der Waals surface area contributed by atoms with Crippen molar-refractivity contribution in [2.24, 2.45) is 0 Å². The monoisotopic (exact) mass is 434 g/mol. The van der Waals surface area contributed by atoms with E-state index in [0.29, 0.717) is 16.8 Å². The lowest BCUT2D eigenvalue weighted by molar-refractivity contribution is -0.115. The highest BCUT2D eigenvalue weighted by atomic mass is 35.5. The maximum Gasteiger partial charge on any atom is 0.225 e. The number of hydrogen-bond acceptors (Lipinski definition) is 4. The molecule has 1 amide bonds. The molecule has 3 rings (SSSR count). The Labute approximate surface area is 178 Å². The first-order valence-corrected chi connectivity index (χ1v) is 12.0. The molecule has 1 fully saturated rings. The highest BCUT2D eigenvalue weighted by Crippen LogP contribution is 2.20. The third kappa shape index (κ3) is 6.29. The number of halogens is 1. The van der Waals surface area contributed by atoms with E-state index in [-0.39, 0.29) is 23.0 Å². The van der Waals surface area contributed by atoms with Crippen molar-refractivity contribution in [3.05, 3.63) is 59.1 Å². The second kappa shape index (κ2) is 9.74. The molecule has 2 aromatic rings. The number of rotatable bonds is 7. The maximum atomic E-state index is 12.3. The van der Waals surface area contributed by atoms with E-state index < -0.39 is 9.84 Å². The molecule has 7 heteroatoms. The fraction of sp³-hybridized carbons (Fsp3) is 0.409. The van der Waals surface area contributed by atoms with Gasteiger partial charge in [-0.2, -0.15) is 0 Å². The molecule has 1 N–H and O–H groups in total. The lowest BCUT2D eigenvalue weighted by Gasteiger charge is -2.33. The van der Waals surface area contributed by atoms with Crippen LogP contribution in [0.25, 0.3) is 0 Å². The summed E-state index contributed by atoms with van der Waals surface area (Å²) in [6.45, 7) is 4.31. The Morgan fingerprint density at radius 1 is 1.10 bits per heavy atom. The summed E-state index contributed by atoms with van der Waals surface area (Å²) in [6.07, 6.45) is 3.69. The van der Waals surface area contributed by atoms with E-state index in [0.717, 1.165) is 13.1 Å². The van der Waals surface area contributed by atoms with Crippen LogP contribution in [0.5, 0.6) is 0 Å². The standard InChI is InChI=1S/C22H27ClN2O3S/c1-17-4-2-3-14-25(17)16-18-5-9-20(10-6-18)24-22(26)13-15-29(27,28)21-11-7-19(23)8-12-21/h5-12,17H,2-4,13-16H2,1H3,(H,24,26). The lowest BCUT2D eigenvalue weighted by Crippen LogP contribution is -2.36. The van der Waals surface area contributed by atoms with Gasteiger partial charge in [-0.25, -0.2) is 8.42 Å². The van der Waals surface area contributed by atoms with Crippen molar-refractivity contribution < 1.29 is 13.2 Å². The predicted molar refractivity (Wildman–Crippen MR) is 117 cm³/mol. The van der Waals surface area contributed by atoms with E-state index >= 15 is 0 Å². The fourth-order valence-electron chi connectivity index (χ4n) is 3.53. The number of benzene rings is 2. The number of hydrogen-bond donors (Lipinski definition) is 1. The van der Waals surface area contributed by atoms with E-state index in [2.05, 4.69) is 17.1 Å². The molecule has 0 bridgehead atoms. The van der Waals surface area contributed by atoms with Gasteiger partial charge in [0.25, 0.3) is 0 Å². The molecule has 0 saturated carbocycles. The summed E-state index contributed by atoms with van der Waals surface area (Å²) in [7, 11) is -3.52. The van der Waals surface area contributed by atoms with Gasteiger partial charge in [0.15, 0.2) is 9.84 Å². The number of likely N-dealkylation sites (tertiary alicyclic amines) is 1. The fourth-order valence-corrected chi connectivity index (χ4v) is 4.90. The second-order valence-electron chi connectivity index (χ2n) is 7.58. The van der Waals surface area contributed by atoms with Crippen LogP contribution in [0.1, 0.15) is 38.2 Å². The maximum absolute atomic E-state index is 12.3. The minimum absolute atomic E-state index is 0.0992. The van der Waals surface area contributed by atoms with Gasteiger partial charge >= 0.3 is 0 Å². The topological polar surface area (TPSA) is 66.5 Å². The molecule has 0 radical (unpaired) electrons. The quantitative estimate of drug-likeness (QED) is 0.695. The van der Waals surface area contributed by atoms with Crippen molar-refractivity contribution in [1.29, 1.82) is 0 Å². The highest BCUT2D eigenvalue weighted by molar-refractivity contribution is 7.91. The predicted octanol–water partition coefficient (Wildman–Crippen LogP) is 4.52. The van der Waals surface area contributed by atoms with Crippen molar-refractivity contribution in [3.8, 4) is 0 Å². The molecule has 5 nitrogen and oxygen atoms in total. The van der Waals surface area contributed by atoms with Crippen LogP contribution in [-0.4, -0.2) is 37.6 Å². The Bertz CT molecular complexity index is 928. The average Bonchev–Trinajstić information content (AvgIpc) is 2.70. The summed E-state index contributed by atoms with van der Waals surface area (Å²) in [5.41, 5.74) is 1.89. The van der Waals surface area contributed by atoms with Crippen LogP contribution >= 0.6 is 11.6 Å². The van der Waals surface area contributed by atoms with Crippen LogP contribution in [0, 0.1) is 0 Å². The van der Waals surface area contributed by atoms with Crippen LogP contribution in [-0.2, 0) is 21.2 Å². The van der Waals surface area contributed by atoms with Crippen molar-refractivity contribution in [1.82, 2.24) is 4.90 Å². The Morgan fingerprint density at radius 3 is 2.45 bits per heavy atom. The molecule has 2 aromatic carbocycles. The Morgan fingerprint density at radius 2 is 1.79 bits per heavy atom. The molecule has 0 spiro atoms. The van der Waals surface area contributed by atoms with Gasteiger partial charge in [-0.3, -0.25) is 9.69 Å². The SMILES string of the molecule is CC1CCCCN1Cc1ccc(NC(=O)CCS(=O)(=O)c2ccc(Cl)cc2)cc1. The van der Waals surface area contributed by atoms with E-state index in [1.54, 1.807) is 0 Å². The first-order valence-electron chi connectivity index (χ1n) is 9.95. The van der Waals surface area contributed by atoms with Gasteiger partial charge < -0.3 is 5.32 Å². The second-order valence-corrected chi connectivity index (χ2v) is 10.1. The molecule has 1 heterocycles. The summed E-state index contributed by atoms with van der Waals surface area (Å²) in [5, 5.41) is 3.25. The van der Waals surface area contributed by atoms with Crippen molar-refractivity contribution in [2.75, 3.05) is 17.6 Å². The van der Waals surface area contributed by atoms with Crippen molar-refractivity contribution in [3.63, 3.8) is 0 Å². The van der Waals surface area contributed by atoms with E-state index in [1.165, 1.54) is 49.1 Å². The minimum Gasteiger partial charge on any atom is -0.326 e. The number of piperidine rings is 1.